The van der Waals surface area contributed by atoms with Crippen molar-refractivity contribution in [3.63, 3.8) is 0 Å². The van der Waals surface area contributed by atoms with E-state index >= 15 is 0 Å². The van der Waals surface area contributed by atoms with E-state index in [1.165, 1.54) is 0 Å². The van der Waals surface area contributed by atoms with Gasteiger partial charge in [0.05, 0.1) is 33.0 Å². The number of hydrogen-bond acceptors (Lipinski definition) is 6. The Morgan fingerprint density at radius 3 is 2.47 bits per heavy atom. The number of nitrogens with zero attached hydrogens (tertiary/aromatic N) is 2. The molecule has 0 bridgehead atoms. The molecule has 0 amide bonds. The van der Waals surface area contributed by atoms with Crippen molar-refractivity contribution in [2.45, 2.75) is 62.8 Å². The van der Waals surface area contributed by atoms with Crippen molar-refractivity contribution >= 4 is 44.8 Å². The van der Waals surface area contributed by atoms with Gasteiger partial charge in [0.2, 0.25) is 0 Å². The van der Waals surface area contributed by atoms with Crippen LogP contribution in [0.1, 0.15) is 60.8 Å². The van der Waals surface area contributed by atoms with Crippen molar-refractivity contribution in [3.8, 4) is 11.3 Å². The van der Waals surface area contributed by atoms with Gasteiger partial charge in [-0.15, -0.1) is 11.3 Å². The van der Waals surface area contributed by atoms with Crippen molar-refractivity contribution in [3.05, 3.63) is 68.8 Å². The average Bonchev–Trinajstić information content (AvgIpc) is 3.44. The van der Waals surface area contributed by atoms with Crippen LogP contribution in [0.2, 0.25) is 10.0 Å². The summed E-state index contributed by atoms with van der Waals surface area (Å²) in [6, 6.07) is 13.5. The predicted molar refractivity (Wildman–Crippen MR) is 134 cm³/mol. The molecule has 34 heavy (non-hydrogen) atoms. The second-order valence-electron chi connectivity index (χ2n) is 9.27. The molecular formula is C26H24Cl2N2O3S. The highest BCUT2D eigenvalue weighted by Crippen LogP contribution is 2.47. The van der Waals surface area contributed by atoms with E-state index in [1.807, 2.05) is 42.5 Å². The van der Waals surface area contributed by atoms with E-state index in [0.29, 0.717) is 46.7 Å². The fourth-order valence-electron chi connectivity index (χ4n) is 4.77. The Morgan fingerprint density at radius 1 is 1.03 bits per heavy atom. The number of halogens is 2. The van der Waals surface area contributed by atoms with Crippen LogP contribution in [-0.2, 0) is 16.9 Å². The summed E-state index contributed by atoms with van der Waals surface area (Å²) in [6.07, 6.45) is 5.01. The number of para-hydroxylation sites is 1. The van der Waals surface area contributed by atoms with Gasteiger partial charge in [0.1, 0.15) is 22.1 Å². The van der Waals surface area contributed by atoms with E-state index in [-0.39, 0.29) is 6.10 Å². The first-order valence-corrected chi connectivity index (χ1v) is 13.2. The number of ether oxygens (including phenoxy) is 1. The van der Waals surface area contributed by atoms with Gasteiger partial charge in [-0.05, 0) is 62.8 Å². The Kier molecular flexibility index (Phi) is 5.90. The summed E-state index contributed by atoms with van der Waals surface area (Å²) in [5, 5.41) is 17.6. The summed E-state index contributed by atoms with van der Waals surface area (Å²) < 4.78 is 13.2. The summed E-state index contributed by atoms with van der Waals surface area (Å²) in [7, 11) is 0. The molecule has 2 heterocycles. The van der Waals surface area contributed by atoms with E-state index < -0.39 is 5.60 Å². The van der Waals surface area contributed by atoms with Crippen LogP contribution in [0.3, 0.4) is 0 Å². The highest BCUT2D eigenvalue weighted by Gasteiger charge is 2.39. The quantitative estimate of drug-likeness (QED) is 0.288. The lowest BCUT2D eigenvalue weighted by Gasteiger charge is -2.34. The van der Waals surface area contributed by atoms with Crippen LogP contribution in [-0.4, -0.2) is 21.4 Å². The van der Waals surface area contributed by atoms with Gasteiger partial charge in [-0.1, -0.05) is 46.6 Å². The minimum Gasteiger partial charge on any atom is -0.383 e. The average molecular weight is 515 g/mol. The highest BCUT2D eigenvalue weighted by molar-refractivity contribution is 7.18. The maximum Gasteiger partial charge on any atom is 0.145 e. The molecule has 2 aliphatic carbocycles. The molecule has 2 aromatic heterocycles. The fourth-order valence-corrected chi connectivity index (χ4v) is 6.46. The lowest BCUT2D eigenvalue weighted by atomic mass is 9.83. The smallest absolute Gasteiger partial charge is 0.145 e. The van der Waals surface area contributed by atoms with Gasteiger partial charge >= 0.3 is 0 Å². The zero-order valence-corrected chi connectivity index (χ0v) is 20.8. The van der Waals surface area contributed by atoms with Crippen LogP contribution in [0, 0.1) is 0 Å². The molecule has 0 unspecified atom stereocenters. The number of hydrogen-bond donors (Lipinski definition) is 1. The molecule has 6 rings (SSSR count). The summed E-state index contributed by atoms with van der Waals surface area (Å²) in [6.45, 7) is 0.385. The topological polar surface area (TPSA) is 68.4 Å². The Labute approximate surface area is 211 Å². The molecule has 1 N–H and O–H groups in total. The van der Waals surface area contributed by atoms with E-state index in [4.69, 9.17) is 37.4 Å². The number of benzene rings is 2. The molecule has 5 nitrogen and oxygen atoms in total. The zero-order chi connectivity index (χ0) is 23.3. The number of aromatic nitrogens is 2. The second kappa shape index (κ2) is 8.92. The maximum atomic E-state index is 11.3. The summed E-state index contributed by atoms with van der Waals surface area (Å²) >= 11 is 14.5. The molecular weight excluding hydrogens is 491 g/mol. The van der Waals surface area contributed by atoms with Crippen molar-refractivity contribution in [2.75, 3.05) is 0 Å². The van der Waals surface area contributed by atoms with Gasteiger partial charge in [0, 0.05) is 17.0 Å². The monoisotopic (exact) mass is 514 g/mol. The molecule has 2 aliphatic rings. The second-order valence-corrected chi connectivity index (χ2v) is 11.1. The first-order valence-electron chi connectivity index (χ1n) is 11.6. The Morgan fingerprint density at radius 2 is 1.76 bits per heavy atom. The van der Waals surface area contributed by atoms with Crippen LogP contribution < -0.4 is 0 Å². The van der Waals surface area contributed by atoms with Crippen molar-refractivity contribution < 1.29 is 14.4 Å². The van der Waals surface area contributed by atoms with E-state index in [0.717, 1.165) is 52.2 Å². The normalized spacial score (nSPS) is 23.0. The molecule has 2 saturated carbocycles. The van der Waals surface area contributed by atoms with E-state index in [9.17, 15) is 5.11 Å². The molecule has 0 radical (unpaired) electrons. The largest absolute Gasteiger partial charge is 0.383 e. The number of thiazole rings is 1. The van der Waals surface area contributed by atoms with Gasteiger partial charge in [-0.25, -0.2) is 4.98 Å². The zero-order valence-electron chi connectivity index (χ0n) is 18.5. The molecule has 8 heteroatoms. The van der Waals surface area contributed by atoms with Crippen LogP contribution >= 0.6 is 34.5 Å². The minimum absolute atomic E-state index is 0.0474. The Balaban J connectivity index is 1.18. The molecule has 176 valence electrons. The third-order valence-corrected chi connectivity index (χ3v) is 8.74. The van der Waals surface area contributed by atoms with Gasteiger partial charge in [-0.2, -0.15) is 0 Å². The van der Waals surface area contributed by atoms with E-state index in [1.54, 1.807) is 11.3 Å². The van der Waals surface area contributed by atoms with Crippen molar-refractivity contribution in [1.82, 2.24) is 10.1 Å². The molecule has 2 fully saturated rings. The predicted octanol–water partition coefficient (Wildman–Crippen LogP) is 7.48. The van der Waals surface area contributed by atoms with Gasteiger partial charge in [-0.3, -0.25) is 0 Å². The molecule has 4 aromatic rings. The SMILES string of the molecule is OC1(c2nc3ccccc3s2)CCC(OCc2c(-c3c(Cl)cccc3Cl)noc2C2CC2)CC1. The molecule has 0 atom stereocenters. The van der Waals surface area contributed by atoms with Crippen LogP contribution in [0.4, 0.5) is 0 Å². The third-order valence-electron chi connectivity index (χ3n) is 6.88. The van der Waals surface area contributed by atoms with Gasteiger partial charge in [0.15, 0.2) is 0 Å². The lowest BCUT2D eigenvalue weighted by molar-refractivity contribution is -0.0640. The molecule has 0 aliphatic heterocycles. The first kappa shape index (κ1) is 22.5. The van der Waals surface area contributed by atoms with Gasteiger partial charge < -0.3 is 14.4 Å². The van der Waals surface area contributed by atoms with Crippen molar-refractivity contribution in [2.24, 2.45) is 0 Å². The molecule has 0 saturated heterocycles. The third kappa shape index (κ3) is 4.16. The van der Waals surface area contributed by atoms with Crippen LogP contribution in [0.5, 0.6) is 0 Å². The lowest BCUT2D eigenvalue weighted by Crippen LogP contribution is -2.34. The van der Waals surface area contributed by atoms with Crippen LogP contribution in [0.15, 0.2) is 47.0 Å². The summed E-state index contributed by atoms with van der Waals surface area (Å²) in [4.78, 5) is 4.70. The van der Waals surface area contributed by atoms with Crippen molar-refractivity contribution in [1.29, 1.82) is 0 Å². The summed E-state index contributed by atoms with van der Waals surface area (Å²) in [5.41, 5.74) is 2.34. The minimum atomic E-state index is -0.893. The Hall–Kier alpha value is -1.96. The molecule has 0 spiro atoms. The maximum absolute atomic E-state index is 11.3. The van der Waals surface area contributed by atoms with E-state index in [2.05, 4.69) is 5.16 Å². The number of rotatable bonds is 6. The fraction of sp³-hybridized carbons (Fsp3) is 0.385. The number of fused-ring (bicyclic) bond motifs is 1. The number of aliphatic hydroxyl groups is 1. The van der Waals surface area contributed by atoms with Crippen LogP contribution in [0.25, 0.3) is 21.5 Å². The molecule has 2 aromatic carbocycles. The highest BCUT2D eigenvalue weighted by atomic mass is 35.5. The van der Waals surface area contributed by atoms with Gasteiger partial charge in [0.25, 0.3) is 0 Å². The standard InChI is InChI=1S/C26H24Cl2N2O3S/c27-18-4-3-5-19(28)22(18)23-17(24(33-30-23)15-8-9-15)14-32-16-10-12-26(31,13-11-16)25-29-20-6-1-2-7-21(20)34-25/h1-7,15-16,31H,8-14H2. The Bertz CT molecular complexity index is 1290. The first-order chi connectivity index (χ1) is 16.5. The summed E-state index contributed by atoms with van der Waals surface area (Å²) in [5.74, 6) is 1.27.